The van der Waals surface area contributed by atoms with Crippen LogP contribution in [0.25, 0.3) is 11.1 Å². The summed E-state index contributed by atoms with van der Waals surface area (Å²) in [5.74, 6) is 0.718. The second-order valence-electron chi connectivity index (χ2n) is 6.19. The Morgan fingerprint density at radius 2 is 2.00 bits per heavy atom. The molecule has 4 nitrogen and oxygen atoms in total. The van der Waals surface area contributed by atoms with Gasteiger partial charge in [-0.15, -0.1) is 0 Å². The monoisotopic (exact) mass is 342 g/mol. The number of rotatable bonds is 5. The molecule has 0 radical (unpaired) electrons. The molecule has 0 unspecified atom stereocenters. The Morgan fingerprint density at radius 3 is 2.71 bits per heavy atom. The smallest absolute Gasteiger partial charge is 0.251 e. The van der Waals surface area contributed by atoms with Crippen LogP contribution in [-0.2, 0) is 0 Å². The predicted octanol–water partition coefficient (Wildman–Crippen LogP) is 5.00. The Hall–Kier alpha value is -2.33. The van der Waals surface area contributed by atoms with Crippen LogP contribution in [0.1, 0.15) is 42.6 Å². The first-order valence-corrected chi connectivity index (χ1v) is 8.32. The molecule has 0 aliphatic heterocycles. The average Bonchev–Trinajstić information content (AvgIpc) is 2.97. The molecular formula is C19H19ClN2O2. The summed E-state index contributed by atoms with van der Waals surface area (Å²) in [4.78, 5) is 17.1. The summed E-state index contributed by atoms with van der Waals surface area (Å²) >= 11 is 5.97. The third-order valence-electron chi connectivity index (χ3n) is 3.71. The van der Waals surface area contributed by atoms with Gasteiger partial charge in [-0.25, -0.2) is 4.98 Å². The van der Waals surface area contributed by atoms with Crippen molar-refractivity contribution in [3.63, 3.8) is 0 Å². The third-order valence-corrected chi connectivity index (χ3v) is 3.94. The lowest BCUT2D eigenvalue weighted by molar-refractivity contribution is 0.0925. The molecule has 24 heavy (non-hydrogen) atoms. The highest BCUT2D eigenvalue weighted by molar-refractivity contribution is 6.30. The molecule has 0 bridgehead atoms. The van der Waals surface area contributed by atoms with Crippen LogP contribution >= 0.6 is 11.6 Å². The molecule has 1 amide bonds. The van der Waals surface area contributed by atoms with Crippen molar-refractivity contribution in [3.05, 3.63) is 65.0 Å². The number of nitrogens with one attached hydrogen (secondary N) is 1. The number of oxazole rings is 1. The van der Waals surface area contributed by atoms with E-state index in [4.69, 9.17) is 16.0 Å². The highest BCUT2D eigenvalue weighted by Crippen LogP contribution is 2.25. The van der Waals surface area contributed by atoms with E-state index in [9.17, 15) is 4.79 Å². The number of benzene rings is 2. The van der Waals surface area contributed by atoms with E-state index in [1.54, 1.807) is 24.3 Å². The minimum atomic E-state index is -0.288. The fourth-order valence-electron chi connectivity index (χ4n) is 2.60. The van der Waals surface area contributed by atoms with E-state index in [1.165, 1.54) is 0 Å². The van der Waals surface area contributed by atoms with Gasteiger partial charge in [0.2, 0.25) is 5.89 Å². The number of hydrogen-bond donors (Lipinski definition) is 1. The van der Waals surface area contributed by atoms with Crippen molar-refractivity contribution in [2.75, 3.05) is 0 Å². The van der Waals surface area contributed by atoms with Gasteiger partial charge in [-0.1, -0.05) is 43.6 Å². The molecule has 3 rings (SSSR count). The van der Waals surface area contributed by atoms with Crippen LogP contribution in [0.15, 0.2) is 52.9 Å². The van der Waals surface area contributed by atoms with Gasteiger partial charge in [0.05, 0.1) is 0 Å². The number of nitrogens with zero attached hydrogens (tertiary/aromatic N) is 1. The van der Waals surface area contributed by atoms with Crippen LogP contribution in [0.4, 0.5) is 0 Å². The van der Waals surface area contributed by atoms with Crippen molar-refractivity contribution in [1.82, 2.24) is 10.3 Å². The summed E-state index contributed by atoms with van der Waals surface area (Å²) in [5.41, 5.74) is 2.03. The van der Waals surface area contributed by atoms with Crippen molar-refractivity contribution >= 4 is 28.6 Å². The first-order chi connectivity index (χ1) is 11.5. The number of aromatic nitrogens is 1. The Labute approximate surface area is 145 Å². The van der Waals surface area contributed by atoms with Crippen LogP contribution < -0.4 is 5.32 Å². The number of fused-ring (bicyclic) bond motifs is 1. The maximum absolute atomic E-state index is 12.5. The molecular weight excluding hydrogens is 324 g/mol. The molecule has 3 aromatic rings. The van der Waals surface area contributed by atoms with Gasteiger partial charge in [-0.05, 0) is 42.7 Å². The van der Waals surface area contributed by atoms with Crippen LogP contribution in [0.2, 0.25) is 5.02 Å². The van der Waals surface area contributed by atoms with Crippen molar-refractivity contribution in [1.29, 1.82) is 0 Å². The first kappa shape index (κ1) is 16.5. The van der Waals surface area contributed by atoms with Gasteiger partial charge >= 0.3 is 0 Å². The predicted molar refractivity (Wildman–Crippen MR) is 95.1 cm³/mol. The van der Waals surface area contributed by atoms with Crippen LogP contribution in [0, 0.1) is 5.92 Å². The number of para-hydroxylation sites is 2. The molecule has 1 heterocycles. The molecule has 1 aromatic heterocycles. The van der Waals surface area contributed by atoms with E-state index < -0.39 is 0 Å². The third kappa shape index (κ3) is 3.77. The lowest BCUT2D eigenvalue weighted by Crippen LogP contribution is -2.29. The van der Waals surface area contributed by atoms with Crippen molar-refractivity contribution < 1.29 is 9.21 Å². The van der Waals surface area contributed by atoms with Gasteiger partial charge in [0.1, 0.15) is 11.6 Å². The van der Waals surface area contributed by atoms with Gasteiger partial charge < -0.3 is 9.73 Å². The first-order valence-electron chi connectivity index (χ1n) is 7.95. The van der Waals surface area contributed by atoms with E-state index in [0.717, 1.165) is 17.5 Å². The van der Waals surface area contributed by atoms with Crippen LogP contribution in [0.5, 0.6) is 0 Å². The summed E-state index contributed by atoms with van der Waals surface area (Å²) in [6, 6.07) is 14.2. The van der Waals surface area contributed by atoms with Gasteiger partial charge in [0.25, 0.3) is 5.91 Å². The summed E-state index contributed by atoms with van der Waals surface area (Å²) in [6.45, 7) is 4.20. The minimum Gasteiger partial charge on any atom is -0.438 e. The van der Waals surface area contributed by atoms with Gasteiger partial charge in [-0.3, -0.25) is 4.79 Å². The molecule has 0 saturated carbocycles. The number of halogens is 1. The second kappa shape index (κ2) is 7.05. The summed E-state index contributed by atoms with van der Waals surface area (Å²) in [5, 5.41) is 3.55. The van der Waals surface area contributed by atoms with E-state index in [0.29, 0.717) is 22.4 Å². The molecule has 0 aliphatic carbocycles. The maximum Gasteiger partial charge on any atom is 0.251 e. The summed E-state index contributed by atoms with van der Waals surface area (Å²) in [7, 11) is 0. The molecule has 0 fully saturated rings. The van der Waals surface area contributed by atoms with E-state index in [2.05, 4.69) is 24.1 Å². The highest BCUT2D eigenvalue weighted by Gasteiger charge is 2.22. The molecule has 1 atom stereocenters. The molecule has 5 heteroatoms. The molecule has 0 aliphatic rings. The van der Waals surface area contributed by atoms with Crippen LogP contribution in [-0.4, -0.2) is 10.9 Å². The summed E-state index contributed by atoms with van der Waals surface area (Å²) < 4.78 is 5.84. The van der Waals surface area contributed by atoms with E-state index >= 15 is 0 Å². The van der Waals surface area contributed by atoms with Gasteiger partial charge in [0.15, 0.2) is 5.58 Å². The fourth-order valence-corrected chi connectivity index (χ4v) is 2.79. The van der Waals surface area contributed by atoms with Crippen LogP contribution in [0.3, 0.4) is 0 Å². The molecule has 124 valence electrons. The molecule has 0 spiro atoms. The zero-order valence-electron chi connectivity index (χ0n) is 13.6. The lowest BCUT2D eigenvalue weighted by Gasteiger charge is -2.17. The largest absolute Gasteiger partial charge is 0.438 e. The zero-order valence-corrected chi connectivity index (χ0v) is 14.4. The van der Waals surface area contributed by atoms with E-state index in [1.807, 2.05) is 24.3 Å². The molecule has 2 aromatic carbocycles. The Bertz CT molecular complexity index is 824. The molecule has 1 N–H and O–H groups in total. The second-order valence-corrected chi connectivity index (χ2v) is 6.62. The summed E-state index contributed by atoms with van der Waals surface area (Å²) in [6.07, 6.45) is 0.735. The lowest BCUT2D eigenvalue weighted by atomic mass is 10.0. The van der Waals surface area contributed by atoms with E-state index in [-0.39, 0.29) is 11.9 Å². The normalized spacial score (nSPS) is 12.5. The number of hydrogen-bond acceptors (Lipinski definition) is 3. The topological polar surface area (TPSA) is 55.1 Å². The minimum absolute atomic E-state index is 0.189. The molecule has 0 saturated heterocycles. The number of carbonyl (C=O) groups excluding carboxylic acids is 1. The van der Waals surface area contributed by atoms with Gasteiger partial charge in [-0.2, -0.15) is 0 Å². The standard InChI is InChI=1S/C19H19ClN2O2/c1-12(2)10-16(19-22-15-8-3-4-9-17(15)24-19)21-18(23)13-6-5-7-14(20)11-13/h3-9,11-12,16H,10H2,1-2H3,(H,21,23)/t16-/m0/s1. The quantitative estimate of drug-likeness (QED) is 0.710. The maximum atomic E-state index is 12.5. The Balaban J connectivity index is 1.87. The van der Waals surface area contributed by atoms with Crippen molar-refractivity contribution in [2.45, 2.75) is 26.3 Å². The average molecular weight is 343 g/mol. The fraction of sp³-hybridized carbons (Fsp3) is 0.263. The number of carbonyl (C=O) groups is 1. The SMILES string of the molecule is CC(C)C[C@H](NC(=O)c1cccc(Cl)c1)c1nc2ccccc2o1. The van der Waals surface area contributed by atoms with Crippen molar-refractivity contribution in [3.8, 4) is 0 Å². The van der Waals surface area contributed by atoms with Gasteiger partial charge in [0, 0.05) is 10.6 Å². The Morgan fingerprint density at radius 1 is 1.21 bits per heavy atom. The zero-order chi connectivity index (χ0) is 17.1. The van der Waals surface area contributed by atoms with Crippen molar-refractivity contribution in [2.24, 2.45) is 5.92 Å². The Kier molecular flexibility index (Phi) is 4.86. The highest BCUT2D eigenvalue weighted by atomic mass is 35.5. The number of amides is 1.